The largest absolute Gasteiger partial charge is 0.356 e. The van der Waals surface area contributed by atoms with Crippen molar-refractivity contribution in [3.05, 3.63) is 52.0 Å². The Morgan fingerprint density at radius 3 is 2.53 bits per heavy atom. The van der Waals surface area contributed by atoms with E-state index in [0.29, 0.717) is 31.7 Å². The molecule has 2 aromatic rings. The van der Waals surface area contributed by atoms with Crippen molar-refractivity contribution in [2.45, 2.75) is 51.4 Å². The molecule has 0 atom stereocenters. The van der Waals surface area contributed by atoms with Gasteiger partial charge in [0, 0.05) is 31.7 Å². The number of carbonyl (C=O) groups is 3. The van der Waals surface area contributed by atoms with Gasteiger partial charge < -0.3 is 15.5 Å². The lowest BCUT2D eigenvalue weighted by atomic mass is 9.93. The van der Waals surface area contributed by atoms with Crippen LogP contribution in [0.4, 0.5) is 5.69 Å². The Hall–Kier alpha value is -3.07. The molecule has 9 heteroatoms. The van der Waals surface area contributed by atoms with Gasteiger partial charge in [-0.2, -0.15) is 0 Å². The minimum absolute atomic E-state index is 0.0966. The van der Waals surface area contributed by atoms with Gasteiger partial charge in [0.05, 0.1) is 0 Å². The van der Waals surface area contributed by atoms with Crippen molar-refractivity contribution in [2.75, 3.05) is 25.0 Å². The molecule has 180 valence electrons. The first-order valence-corrected chi connectivity index (χ1v) is 12.8. The van der Waals surface area contributed by atoms with Crippen molar-refractivity contribution in [1.29, 1.82) is 0 Å². The number of nitrogens with zero attached hydrogens (tertiary/aromatic N) is 3. The molecule has 34 heavy (non-hydrogen) atoms. The van der Waals surface area contributed by atoms with Crippen LogP contribution in [0.1, 0.15) is 71.0 Å². The predicted octanol–water partition coefficient (Wildman–Crippen LogP) is 4.04. The zero-order valence-corrected chi connectivity index (χ0v) is 20.1. The summed E-state index contributed by atoms with van der Waals surface area (Å²) in [5, 5.41) is 14.0. The molecule has 1 aliphatic carbocycles. The lowest BCUT2D eigenvalue weighted by Gasteiger charge is -2.31. The highest BCUT2D eigenvalue weighted by atomic mass is 32.1. The quantitative estimate of drug-likeness (QED) is 0.554. The summed E-state index contributed by atoms with van der Waals surface area (Å²) < 4.78 is 0. The fourth-order valence-electron chi connectivity index (χ4n) is 4.41. The molecule has 3 amide bonds. The van der Waals surface area contributed by atoms with Crippen molar-refractivity contribution in [3.8, 4) is 0 Å². The SMILES string of the molecule is O=C(CC1CCN(C(=O)c2nnc(C(=O)Nc3ccccc3)s2)CC1)NCCC1=CCCCC1. The summed E-state index contributed by atoms with van der Waals surface area (Å²) in [4.78, 5) is 39.3. The second-order valence-electron chi connectivity index (χ2n) is 8.88. The molecule has 8 nitrogen and oxygen atoms in total. The average Bonchev–Trinajstić information content (AvgIpc) is 3.36. The van der Waals surface area contributed by atoms with Crippen molar-refractivity contribution in [2.24, 2.45) is 5.92 Å². The monoisotopic (exact) mass is 481 g/mol. The average molecular weight is 482 g/mol. The smallest absolute Gasteiger partial charge is 0.286 e. The number of likely N-dealkylation sites (tertiary alicyclic amines) is 1. The standard InChI is InChI=1S/C25H31N5O3S/c31-21(26-14-11-18-7-3-1-4-8-18)17-19-12-15-30(16-13-19)25(33)24-29-28-23(34-24)22(32)27-20-9-5-2-6-10-20/h2,5-7,9-10,19H,1,3-4,8,11-17H2,(H,26,31)(H,27,32). The third kappa shape index (κ3) is 6.72. The van der Waals surface area contributed by atoms with Crippen molar-refractivity contribution >= 4 is 34.7 Å². The predicted molar refractivity (Wildman–Crippen MR) is 132 cm³/mol. The number of hydrogen-bond donors (Lipinski definition) is 2. The number of carbonyl (C=O) groups excluding carboxylic acids is 3. The first-order chi connectivity index (χ1) is 16.6. The molecule has 1 fully saturated rings. The number of para-hydroxylation sites is 1. The van der Waals surface area contributed by atoms with E-state index in [1.54, 1.807) is 17.0 Å². The van der Waals surface area contributed by atoms with E-state index in [2.05, 4.69) is 26.9 Å². The molecular formula is C25H31N5O3S. The molecule has 0 radical (unpaired) electrons. The van der Waals surface area contributed by atoms with E-state index in [4.69, 9.17) is 0 Å². The van der Waals surface area contributed by atoms with E-state index < -0.39 is 0 Å². The van der Waals surface area contributed by atoms with Crippen LogP contribution in [-0.2, 0) is 4.79 Å². The van der Waals surface area contributed by atoms with Crippen LogP contribution in [0.3, 0.4) is 0 Å². The first-order valence-electron chi connectivity index (χ1n) is 12.0. The highest BCUT2D eigenvalue weighted by molar-refractivity contribution is 7.15. The molecule has 4 rings (SSSR count). The third-order valence-electron chi connectivity index (χ3n) is 6.36. The van der Waals surface area contributed by atoms with Crippen LogP contribution >= 0.6 is 11.3 Å². The van der Waals surface area contributed by atoms with Crippen molar-refractivity contribution < 1.29 is 14.4 Å². The molecule has 2 N–H and O–H groups in total. The number of anilines is 1. The summed E-state index contributed by atoms with van der Waals surface area (Å²) in [6, 6.07) is 9.08. The molecule has 1 aromatic carbocycles. The highest BCUT2D eigenvalue weighted by Crippen LogP contribution is 2.23. The minimum atomic E-state index is -0.382. The number of hydrogen-bond acceptors (Lipinski definition) is 6. The van der Waals surface area contributed by atoms with E-state index in [1.165, 1.54) is 24.8 Å². The van der Waals surface area contributed by atoms with Gasteiger partial charge in [0.15, 0.2) is 0 Å². The van der Waals surface area contributed by atoms with Crippen LogP contribution in [0.5, 0.6) is 0 Å². The Labute approximate surface area is 203 Å². The zero-order valence-electron chi connectivity index (χ0n) is 19.3. The van der Waals surface area contributed by atoms with Gasteiger partial charge in [-0.3, -0.25) is 14.4 Å². The summed E-state index contributed by atoms with van der Waals surface area (Å²) in [5.74, 6) is -0.217. The number of rotatable bonds is 8. The zero-order chi connectivity index (χ0) is 23.8. The molecule has 0 saturated carbocycles. The van der Waals surface area contributed by atoms with Gasteiger partial charge in [0.1, 0.15) is 0 Å². The number of piperidine rings is 1. The Kier molecular flexibility index (Phi) is 8.41. The number of allylic oxidation sites excluding steroid dienone is 1. The van der Waals surface area contributed by atoms with Crippen LogP contribution in [0.15, 0.2) is 42.0 Å². The Morgan fingerprint density at radius 1 is 1.03 bits per heavy atom. The van der Waals surface area contributed by atoms with Crippen LogP contribution in [-0.4, -0.2) is 52.5 Å². The van der Waals surface area contributed by atoms with Crippen LogP contribution < -0.4 is 10.6 Å². The normalized spacial score (nSPS) is 16.6. The topological polar surface area (TPSA) is 104 Å². The van der Waals surface area contributed by atoms with Gasteiger partial charge in [0.2, 0.25) is 15.9 Å². The van der Waals surface area contributed by atoms with E-state index in [1.807, 2.05) is 18.2 Å². The van der Waals surface area contributed by atoms with Gasteiger partial charge in [-0.05, 0) is 63.0 Å². The minimum Gasteiger partial charge on any atom is -0.356 e. The van der Waals surface area contributed by atoms with Crippen molar-refractivity contribution in [1.82, 2.24) is 20.4 Å². The summed E-state index contributed by atoms with van der Waals surface area (Å²) >= 11 is 1.00. The summed E-state index contributed by atoms with van der Waals surface area (Å²) in [5.41, 5.74) is 2.13. The highest BCUT2D eigenvalue weighted by Gasteiger charge is 2.28. The van der Waals surface area contributed by atoms with Gasteiger partial charge in [-0.25, -0.2) is 0 Å². The number of aromatic nitrogens is 2. The number of benzene rings is 1. The summed E-state index contributed by atoms with van der Waals surface area (Å²) in [6.07, 6.45) is 10.2. The molecule has 2 aliphatic rings. The Bertz CT molecular complexity index is 1030. The van der Waals surface area contributed by atoms with Gasteiger partial charge in [-0.15, -0.1) is 10.2 Å². The Morgan fingerprint density at radius 2 is 1.79 bits per heavy atom. The van der Waals surface area contributed by atoms with Gasteiger partial charge >= 0.3 is 0 Å². The van der Waals surface area contributed by atoms with E-state index in [-0.39, 0.29) is 33.7 Å². The molecule has 1 aliphatic heterocycles. The van der Waals surface area contributed by atoms with Crippen LogP contribution in [0.2, 0.25) is 0 Å². The van der Waals surface area contributed by atoms with Crippen LogP contribution in [0.25, 0.3) is 0 Å². The van der Waals surface area contributed by atoms with Gasteiger partial charge in [0.25, 0.3) is 11.8 Å². The lowest BCUT2D eigenvalue weighted by Crippen LogP contribution is -2.39. The van der Waals surface area contributed by atoms with E-state index >= 15 is 0 Å². The fraction of sp³-hybridized carbons (Fsp3) is 0.480. The van der Waals surface area contributed by atoms with E-state index in [0.717, 1.165) is 37.0 Å². The molecule has 0 spiro atoms. The molecule has 0 bridgehead atoms. The number of nitrogens with one attached hydrogen (secondary N) is 2. The van der Waals surface area contributed by atoms with E-state index in [9.17, 15) is 14.4 Å². The third-order valence-corrected chi connectivity index (χ3v) is 7.27. The summed E-state index contributed by atoms with van der Waals surface area (Å²) in [6.45, 7) is 1.86. The maximum atomic E-state index is 12.8. The molecular weight excluding hydrogens is 450 g/mol. The second-order valence-corrected chi connectivity index (χ2v) is 9.86. The fourth-order valence-corrected chi connectivity index (χ4v) is 5.12. The maximum absolute atomic E-state index is 12.8. The van der Waals surface area contributed by atoms with Gasteiger partial charge in [-0.1, -0.05) is 41.2 Å². The molecule has 0 unspecified atom stereocenters. The first kappa shape index (κ1) is 24.1. The van der Waals surface area contributed by atoms with Crippen molar-refractivity contribution in [3.63, 3.8) is 0 Å². The molecule has 1 saturated heterocycles. The molecule has 1 aromatic heterocycles. The number of amides is 3. The Balaban J connectivity index is 1.19. The van der Waals surface area contributed by atoms with Crippen LogP contribution in [0, 0.1) is 5.92 Å². The molecule has 2 heterocycles. The maximum Gasteiger partial charge on any atom is 0.286 e. The second kappa shape index (κ2) is 11.9. The summed E-state index contributed by atoms with van der Waals surface area (Å²) in [7, 11) is 0. The lowest BCUT2D eigenvalue weighted by molar-refractivity contribution is -0.122.